The molecule has 59 heavy (non-hydrogen) atoms. The number of phosphoric acid groups is 1. The van der Waals surface area contributed by atoms with Crippen LogP contribution in [0.1, 0.15) is 142 Å². The van der Waals surface area contributed by atoms with E-state index < -0.39 is 26.5 Å². The summed E-state index contributed by atoms with van der Waals surface area (Å²) in [7, 11) is -4.45. The van der Waals surface area contributed by atoms with Crippen LogP contribution < -0.4 is 5.32 Å². The van der Waals surface area contributed by atoms with E-state index >= 15 is 0 Å². The van der Waals surface area contributed by atoms with Crippen molar-refractivity contribution >= 4 is 19.7 Å². The summed E-state index contributed by atoms with van der Waals surface area (Å²) in [4.78, 5) is 33.9. The minimum atomic E-state index is -4.45. The number of amides is 1. The minimum Gasteiger partial charge on any atom is -0.463 e. The Kier molecular flexibility index (Phi) is 41.3. The van der Waals surface area contributed by atoms with Gasteiger partial charge in [0.05, 0.1) is 13.2 Å². The lowest BCUT2D eigenvalue weighted by atomic mass is 10.2. The average molecular weight is 840 g/mol. The van der Waals surface area contributed by atoms with Crippen LogP contribution in [0.4, 0.5) is 0 Å². The molecule has 0 heterocycles. The third kappa shape index (κ3) is 45.3. The number of unbranched alkanes of at least 4 members (excludes halogenated alkanes) is 6. The van der Waals surface area contributed by atoms with Gasteiger partial charge in [0, 0.05) is 19.4 Å². The Morgan fingerprint density at radius 1 is 0.542 bits per heavy atom. The smallest absolute Gasteiger partial charge is 0.463 e. The molecule has 10 heteroatoms. The fourth-order valence-electron chi connectivity index (χ4n) is 5.08. The van der Waals surface area contributed by atoms with Gasteiger partial charge in [-0.3, -0.25) is 18.6 Å². The van der Waals surface area contributed by atoms with Gasteiger partial charge in [-0.2, -0.15) is 0 Å². The van der Waals surface area contributed by atoms with Gasteiger partial charge < -0.3 is 20.1 Å². The van der Waals surface area contributed by atoms with Gasteiger partial charge in [-0.1, -0.05) is 148 Å². The molecule has 0 fully saturated rings. The SMILES string of the molecule is CC/C=C\C/C=C\C/C=C\C/C=C\C/C=C\C/C=C\CCCCC(=O)OCC(O)COP(=O)(O)OCCNC(=O)CCC/C=C\C/C=C\C/C=C\C/C=C\CCCCC. The van der Waals surface area contributed by atoms with E-state index in [-0.39, 0.29) is 32.1 Å². The summed E-state index contributed by atoms with van der Waals surface area (Å²) in [5.41, 5.74) is 0. The number of hydrogen-bond donors (Lipinski definition) is 3. The van der Waals surface area contributed by atoms with E-state index in [0.717, 1.165) is 77.0 Å². The Labute approximate surface area is 358 Å². The van der Waals surface area contributed by atoms with Crippen molar-refractivity contribution in [2.45, 2.75) is 148 Å². The van der Waals surface area contributed by atoms with E-state index in [1.165, 1.54) is 25.7 Å². The number of phosphoric ester groups is 1. The molecule has 0 aromatic rings. The van der Waals surface area contributed by atoms with Crippen LogP contribution in [0.25, 0.3) is 0 Å². The van der Waals surface area contributed by atoms with Crippen molar-refractivity contribution in [2.75, 3.05) is 26.4 Å². The zero-order valence-electron chi connectivity index (χ0n) is 36.4. The van der Waals surface area contributed by atoms with E-state index in [1.807, 2.05) is 0 Å². The van der Waals surface area contributed by atoms with Crippen LogP contribution >= 0.6 is 7.82 Å². The van der Waals surface area contributed by atoms with Crippen LogP contribution in [0.2, 0.25) is 0 Å². The maximum atomic E-state index is 12.1. The van der Waals surface area contributed by atoms with E-state index in [2.05, 4.69) is 141 Å². The standard InChI is InChI=1S/C49H78NO8P/c1-3-5-7-9-11-13-15-17-19-21-22-23-24-26-28-30-32-34-36-38-40-42-49(53)56-45-47(51)46-58-59(54,55)57-44-43-50-48(52)41-39-37-35-33-31-29-27-25-20-18-16-14-12-10-8-6-4-2/h5,7,11-14,17-20,22-23,26-29,32-35,47,51H,3-4,6,8-10,15-16,21,24-25,30-31,36-46H2,1-2H3,(H,50,52)(H,54,55)/b7-5-,13-11-,14-12-,19-17-,20-18-,23-22-,28-26-,29-27-,34-32-,35-33-. The number of hydrogen-bond acceptors (Lipinski definition) is 7. The number of carbonyl (C=O) groups excluding carboxylic acids is 2. The van der Waals surface area contributed by atoms with Gasteiger partial charge in [-0.15, -0.1) is 0 Å². The molecular weight excluding hydrogens is 762 g/mol. The number of carbonyl (C=O) groups is 2. The van der Waals surface area contributed by atoms with E-state index in [1.54, 1.807) is 0 Å². The second-order valence-electron chi connectivity index (χ2n) is 13.9. The van der Waals surface area contributed by atoms with Crippen molar-refractivity contribution in [3.63, 3.8) is 0 Å². The molecule has 0 saturated carbocycles. The highest BCUT2D eigenvalue weighted by molar-refractivity contribution is 7.47. The molecule has 0 rings (SSSR count). The monoisotopic (exact) mass is 840 g/mol. The molecule has 3 N–H and O–H groups in total. The highest BCUT2D eigenvalue weighted by Crippen LogP contribution is 2.42. The normalized spacial score (nSPS) is 14.4. The molecule has 9 nitrogen and oxygen atoms in total. The summed E-state index contributed by atoms with van der Waals surface area (Å²) >= 11 is 0. The molecule has 2 atom stereocenters. The molecule has 2 unspecified atom stereocenters. The molecule has 0 bridgehead atoms. The van der Waals surface area contributed by atoms with Crippen molar-refractivity contribution in [2.24, 2.45) is 0 Å². The number of aliphatic hydroxyl groups excluding tert-OH is 1. The molecular formula is C49H78NO8P. The Morgan fingerprint density at radius 3 is 1.42 bits per heavy atom. The van der Waals surface area contributed by atoms with Crippen molar-refractivity contribution in [3.8, 4) is 0 Å². The van der Waals surface area contributed by atoms with Gasteiger partial charge in [0.25, 0.3) is 0 Å². The van der Waals surface area contributed by atoms with Gasteiger partial charge in [0.2, 0.25) is 5.91 Å². The second-order valence-corrected chi connectivity index (χ2v) is 15.4. The second kappa shape index (κ2) is 44.0. The van der Waals surface area contributed by atoms with Crippen LogP contribution in [0.15, 0.2) is 122 Å². The topological polar surface area (TPSA) is 131 Å². The van der Waals surface area contributed by atoms with Crippen molar-refractivity contribution in [1.82, 2.24) is 5.32 Å². The molecule has 0 radical (unpaired) electrons. The fraction of sp³-hybridized carbons (Fsp3) is 0.551. The maximum absolute atomic E-state index is 12.1. The quantitative estimate of drug-likeness (QED) is 0.0241. The predicted molar refractivity (Wildman–Crippen MR) is 247 cm³/mol. The lowest BCUT2D eigenvalue weighted by molar-refractivity contribution is -0.147. The summed E-state index contributed by atoms with van der Waals surface area (Å²) < 4.78 is 26.8. The summed E-state index contributed by atoms with van der Waals surface area (Å²) in [5.74, 6) is -0.630. The first kappa shape index (κ1) is 55.4. The van der Waals surface area contributed by atoms with Crippen LogP contribution in [0.3, 0.4) is 0 Å². The Bertz CT molecular complexity index is 1370. The van der Waals surface area contributed by atoms with Gasteiger partial charge in [-0.25, -0.2) is 4.57 Å². The first-order valence-electron chi connectivity index (χ1n) is 22.0. The number of aliphatic hydroxyl groups is 1. The Hall–Kier alpha value is -3.59. The zero-order chi connectivity index (χ0) is 43.2. The first-order chi connectivity index (χ1) is 28.8. The van der Waals surface area contributed by atoms with Crippen molar-refractivity contribution in [1.29, 1.82) is 0 Å². The molecule has 332 valence electrons. The van der Waals surface area contributed by atoms with Gasteiger partial charge in [-0.05, 0) is 103 Å². The minimum absolute atomic E-state index is 0.0390. The summed E-state index contributed by atoms with van der Waals surface area (Å²) in [6.45, 7) is 3.26. The summed E-state index contributed by atoms with van der Waals surface area (Å²) in [6, 6.07) is 0. The largest absolute Gasteiger partial charge is 0.472 e. The van der Waals surface area contributed by atoms with Crippen LogP contribution in [0, 0.1) is 0 Å². The Morgan fingerprint density at radius 2 is 0.966 bits per heavy atom. The molecule has 0 saturated heterocycles. The maximum Gasteiger partial charge on any atom is 0.472 e. The summed E-state index contributed by atoms with van der Waals surface area (Å²) in [6.07, 6.45) is 59.9. The predicted octanol–water partition coefficient (Wildman–Crippen LogP) is 12.5. The number of ether oxygens (including phenoxy) is 1. The third-order valence-corrected chi connectivity index (χ3v) is 9.36. The first-order valence-corrected chi connectivity index (χ1v) is 23.5. The highest BCUT2D eigenvalue weighted by Gasteiger charge is 2.23. The zero-order valence-corrected chi connectivity index (χ0v) is 37.3. The van der Waals surface area contributed by atoms with Crippen molar-refractivity contribution < 1.29 is 37.9 Å². The molecule has 0 aliphatic rings. The van der Waals surface area contributed by atoms with E-state index in [9.17, 15) is 24.2 Å². The van der Waals surface area contributed by atoms with Gasteiger partial charge in [0.15, 0.2) is 0 Å². The van der Waals surface area contributed by atoms with Crippen LogP contribution in [0.5, 0.6) is 0 Å². The van der Waals surface area contributed by atoms with Crippen molar-refractivity contribution in [3.05, 3.63) is 122 Å². The molecule has 0 aliphatic heterocycles. The Balaban J connectivity index is 3.79. The molecule has 1 amide bonds. The number of rotatable bonds is 39. The highest BCUT2D eigenvalue weighted by atomic mass is 31.2. The summed E-state index contributed by atoms with van der Waals surface area (Å²) in [5, 5.41) is 12.7. The lowest BCUT2D eigenvalue weighted by Gasteiger charge is -2.15. The number of allylic oxidation sites excluding steroid dienone is 20. The van der Waals surface area contributed by atoms with Crippen LogP contribution in [-0.4, -0.2) is 54.3 Å². The average Bonchev–Trinajstić information content (AvgIpc) is 3.22. The van der Waals surface area contributed by atoms with Crippen LogP contribution in [-0.2, 0) is 27.9 Å². The van der Waals surface area contributed by atoms with E-state index in [0.29, 0.717) is 19.3 Å². The molecule has 0 aromatic carbocycles. The lowest BCUT2D eigenvalue weighted by Crippen LogP contribution is -2.27. The molecule has 0 aliphatic carbocycles. The van der Waals surface area contributed by atoms with E-state index in [4.69, 9.17) is 13.8 Å². The van der Waals surface area contributed by atoms with Gasteiger partial charge >= 0.3 is 13.8 Å². The third-order valence-electron chi connectivity index (χ3n) is 8.38. The molecule has 0 aromatic heterocycles. The van der Waals surface area contributed by atoms with Gasteiger partial charge in [0.1, 0.15) is 12.7 Å². The fourth-order valence-corrected chi connectivity index (χ4v) is 5.84. The number of esters is 1. The molecule has 0 spiro atoms. The number of nitrogens with one attached hydrogen (secondary N) is 1.